The molecule has 0 spiro atoms. The quantitative estimate of drug-likeness (QED) is 0.884. The predicted octanol–water partition coefficient (Wildman–Crippen LogP) is 4.22. The first-order chi connectivity index (χ1) is 9.63. The molecule has 0 aliphatic heterocycles. The highest BCUT2D eigenvalue weighted by Gasteiger charge is 2.06. The van der Waals surface area contributed by atoms with Gasteiger partial charge in [0.15, 0.2) is 0 Å². The summed E-state index contributed by atoms with van der Waals surface area (Å²) >= 11 is 3.35. The molecule has 5 heteroatoms. The van der Waals surface area contributed by atoms with Gasteiger partial charge in [0.05, 0.1) is 19.9 Å². The maximum absolute atomic E-state index is 13.0. The van der Waals surface area contributed by atoms with Crippen molar-refractivity contribution < 1.29 is 13.9 Å². The van der Waals surface area contributed by atoms with E-state index >= 15 is 0 Å². The molecular formula is C15H15BrFNO2. The molecule has 3 nitrogen and oxygen atoms in total. The van der Waals surface area contributed by atoms with E-state index in [4.69, 9.17) is 9.47 Å². The average Bonchev–Trinajstić information content (AvgIpc) is 2.46. The molecule has 20 heavy (non-hydrogen) atoms. The van der Waals surface area contributed by atoms with E-state index in [0.717, 1.165) is 27.2 Å². The SMILES string of the molecule is COc1ccc(OC)c(NCc2ccc(F)cc2Br)c1. The Morgan fingerprint density at radius 2 is 1.90 bits per heavy atom. The van der Waals surface area contributed by atoms with Crippen LogP contribution in [0.2, 0.25) is 0 Å². The summed E-state index contributed by atoms with van der Waals surface area (Å²) < 4.78 is 24.3. The van der Waals surface area contributed by atoms with Gasteiger partial charge in [-0.15, -0.1) is 0 Å². The summed E-state index contributed by atoms with van der Waals surface area (Å²) in [5, 5.41) is 3.26. The minimum atomic E-state index is -0.264. The Kier molecular flexibility index (Phi) is 4.84. The van der Waals surface area contributed by atoms with Gasteiger partial charge in [-0.2, -0.15) is 0 Å². The van der Waals surface area contributed by atoms with E-state index in [2.05, 4.69) is 21.2 Å². The summed E-state index contributed by atoms with van der Waals surface area (Å²) in [6, 6.07) is 10.1. The second-order valence-electron chi connectivity index (χ2n) is 4.16. The standard InChI is InChI=1S/C15H15BrFNO2/c1-19-12-5-6-15(20-2)14(8-12)18-9-10-3-4-11(17)7-13(10)16/h3-8,18H,9H2,1-2H3. The van der Waals surface area contributed by atoms with Crippen LogP contribution in [0.15, 0.2) is 40.9 Å². The third-order valence-electron chi connectivity index (χ3n) is 2.89. The van der Waals surface area contributed by atoms with Crippen LogP contribution in [0.25, 0.3) is 0 Å². The largest absolute Gasteiger partial charge is 0.497 e. The van der Waals surface area contributed by atoms with Gasteiger partial charge in [0.25, 0.3) is 0 Å². The number of hydrogen-bond donors (Lipinski definition) is 1. The van der Waals surface area contributed by atoms with Crippen molar-refractivity contribution in [3.63, 3.8) is 0 Å². The van der Waals surface area contributed by atoms with Crippen molar-refractivity contribution in [2.24, 2.45) is 0 Å². The molecule has 0 heterocycles. The zero-order valence-corrected chi connectivity index (χ0v) is 12.8. The third kappa shape index (κ3) is 3.42. The number of anilines is 1. The first kappa shape index (κ1) is 14.7. The minimum Gasteiger partial charge on any atom is -0.497 e. The lowest BCUT2D eigenvalue weighted by Crippen LogP contribution is -2.02. The molecule has 0 saturated heterocycles. The van der Waals surface area contributed by atoms with Crippen LogP contribution in [0.5, 0.6) is 11.5 Å². The summed E-state index contributed by atoms with van der Waals surface area (Å²) in [5.74, 6) is 1.20. The van der Waals surface area contributed by atoms with Gasteiger partial charge < -0.3 is 14.8 Å². The highest BCUT2D eigenvalue weighted by atomic mass is 79.9. The average molecular weight is 340 g/mol. The van der Waals surface area contributed by atoms with E-state index in [1.165, 1.54) is 12.1 Å². The number of nitrogens with one attached hydrogen (secondary N) is 1. The van der Waals surface area contributed by atoms with Crippen molar-refractivity contribution in [2.75, 3.05) is 19.5 Å². The maximum Gasteiger partial charge on any atom is 0.142 e. The summed E-state index contributed by atoms with van der Waals surface area (Å²) in [7, 11) is 3.23. The summed E-state index contributed by atoms with van der Waals surface area (Å²) in [5.41, 5.74) is 1.78. The van der Waals surface area contributed by atoms with Crippen molar-refractivity contribution in [2.45, 2.75) is 6.54 Å². The first-order valence-electron chi connectivity index (χ1n) is 6.04. The molecule has 0 aliphatic rings. The molecule has 0 radical (unpaired) electrons. The van der Waals surface area contributed by atoms with E-state index < -0.39 is 0 Å². The van der Waals surface area contributed by atoms with E-state index in [0.29, 0.717) is 6.54 Å². The Morgan fingerprint density at radius 1 is 1.10 bits per heavy atom. The van der Waals surface area contributed by atoms with Crippen molar-refractivity contribution in [3.05, 3.63) is 52.3 Å². The topological polar surface area (TPSA) is 30.5 Å². The number of benzene rings is 2. The van der Waals surface area contributed by atoms with Crippen molar-refractivity contribution >= 4 is 21.6 Å². The first-order valence-corrected chi connectivity index (χ1v) is 6.83. The fourth-order valence-electron chi connectivity index (χ4n) is 1.81. The molecule has 0 bridgehead atoms. The number of methoxy groups -OCH3 is 2. The van der Waals surface area contributed by atoms with Gasteiger partial charge in [-0.1, -0.05) is 22.0 Å². The van der Waals surface area contributed by atoms with Crippen LogP contribution >= 0.6 is 15.9 Å². The van der Waals surface area contributed by atoms with Gasteiger partial charge in [-0.25, -0.2) is 4.39 Å². The molecule has 1 N–H and O–H groups in total. The van der Waals surface area contributed by atoms with Gasteiger partial charge in [0, 0.05) is 17.1 Å². The van der Waals surface area contributed by atoms with E-state index in [1.807, 2.05) is 18.2 Å². The van der Waals surface area contributed by atoms with Crippen molar-refractivity contribution in [3.8, 4) is 11.5 Å². The molecule has 0 aliphatic carbocycles. The normalized spacial score (nSPS) is 10.2. The predicted molar refractivity (Wildman–Crippen MR) is 81.0 cm³/mol. The molecule has 0 atom stereocenters. The van der Waals surface area contributed by atoms with Gasteiger partial charge in [-0.3, -0.25) is 0 Å². The molecular weight excluding hydrogens is 325 g/mol. The van der Waals surface area contributed by atoms with Gasteiger partial charge >= 0.3 is 0 Å². The monoisotopic (exact) mass is 339 g/mol. The molecule has 0 amide bonds. The molecule has 2 rings (SSSR count). The molecule has 2 aromatic rings. The smallest absolute Gasteiger partial charge is 0.142 e. The second kappa shape index (κ2) is 6.61. The van der Waals surface area contributed by atoms with E-state index in [1.54, 1.807) is 20.3 Å². The Labute approximate surface area is 125 Å². The summed E-state index contributed by atoms with van der Waals surface area (Å²) in [4.78, 5) is 0. The summed E-state index contributed by atoms with van der Waals surface area (Å²) in [6.07, 6.45) is 0. The van der Waals surface area contributed by atoms with Crippen molar-refractivity contribution in [1.82, 2.24) is 0 Å². The van der Waals surface area contributed by atoms with Crippen LogP contribution < -0.4 is 14.8 Å². The molecule has 0 unspecified atom stereocenters. The molecule has 0 aromatic heterocycles. The minimum absolute atomic E-state index is 0.264. The number of ether oxygens (including phenoxy) is 2. The van der Waals surface area contributed by atoms with E-state index in [-0.39, 0.29) is 5.82 Å². The van der Waals surface area contributed by atoms with Gasteiger partial charge in [-0.05, 0) is 29.8 Å². The fourth-order valence-corrected chi connectivity index (χ4v) is 2.30. The Hall–Kier alpha value is -1.75. The maximum atomic E-state index is 13.0. The number of rotatable bonds is 5. The van der Waals surface area contributed by atoms with Crippen LogP contribution in [0.4, 0.5) is 10.1 Å². The summed E-state index contributed by atoms with van der Waals surface area (Å²) in [6.45, 7) is 0.546. The lowest BCUT2D eigenvalue weighted by atomic mass is 10.2. The number of halogens is 2. The highest BCUT2D eigenvalue weighted by Crippen LogP contribution is 2.30. The molecule has 0 fully saturated rings. The van der Waals surface area contributed by atoms with Gasteiger partial charge in [0.2, 0.25) is 0 Å². The lowest BCUT2D eigenvalue weighted by molar-refractivity contribution is 0.404. The Morgan fingerprint density at radius 3 is 2.55 bits per heavy atom. The number of hydrogen-bond acceptors (Lipinski definition) is 3. The highest BCUT2D eigenvalue weighted by molar-refractivity contribution is 9.10. The van der Waals surface area contributed by atoms with Crippen LogP contribution in [0, 0.1) is 5.82 Å². The lowest BCUT2D eigenvalue weighted by Gasteiger charge is -2.13. The van der Waals surface area contributed by atoms with Crippen LogP contribution in [-0.4, -0.2) is 14.2 Å². The fraction of sp³-hybridized carbons (Fsp3) is 0.200. The van der Waals surface area contributed by atoms with E-state index in [9.17, 15) is 4.39 Å². The van der Waals surface area contributed by atoms with Crippen LogP contribution in [-0.2, 0) is 6.54 Å². The molecule has 0 saturated carbocycles. The zero-order valence-electron chi connectivity index (χ0n) is 11.2. The molecule has 106 valence electrons. The zero-order chi connectivity index (χ0) is 14.5. The third-order valence-corrected chi connectivity index (χ3v) is 3.63. The van der Waals surface area contributed by atoms with Crippen LogP contribution in [0.3, 0.4) is 0 Å². The van der Waals surface area contributed by atoms with Crippen LogP contribution in [0.1, 0.15) is 5.56 Å². The van der Waals surface area contributed by atoms with Gasteiger partial charge in [0.1, 0.15) is 17.3 Å². The molecule has 2 aromatic carbocycles. The Bertz CT molecular complexity index is 604. The van der Waals surface area contributed by atoms with Crippen molar-refractivity contribution in [1.29, 1.82) is 0 Å². The Balaban J connectivity index is 2.17. The second-order valence-corrected chi connectivity index (χ2v) is 5.01.